The number of rotatable bonds is 6. The van der Waals surface area contributed by atoms with Crippen LogP contribution in [0.3, 0.4) is 0 Å². The fraction of sp³-hybridized carbons (Fsp3) is 0.381. The summed E-state index contributed by atoms with van der Waals surface area (Å²) in [6.45, 7) is 9.04. The molecular weight excluding hydrogens is 380 g/mol. The van der Waals surface area contributed by atoms with Gasteiger partial charge in [-0.1, -0.05) is 56.1 Å². The van der Waals surface area contributed by atoms with Crippen LogP contribution in [0.4, 0.5) is 0 Å². The molecule has 0 saturated carbocycles. The zero-order chi connectivity index (χ0) is 18.4. The van der Waals surface area contributed by atoms with Crippen molar-refractivity contribution in [2.45, 2.75) is 46.0 Å². The van der Waals surface area contributed by atoms with Crippen LogP contribution in [0.2, 0.25) is 0 Å². The quantitative estimate of drug-likeness (QED) is 0.329. The lowest BCUT2D eigenvalue weighted by molar-refractivity contribution is 0.0731. The minimum Gasteiger partial charge on any atom is -0.494 e. The number of halogens is 1. The Kier molecular flexibility index (Phi) is 6.65. The van der Waals surface area contributed by atoms with Crippen LogP contribution in [0.5, 0.6) is 11.5 Å². The SMILES string of the molecule is CCCCOc1cccc(C(=O)Oc2ccc(Br)cc2C(C)(C)C)c1. The van der Waals surface area contributed by atoms with E-state index >= 15 is 0 Å². The zero-order valence-corrected chi connectivity index (χ0v) is 16.9. The molecule has 25 heavy (non-hydrogen) atoms. The van der Waals surface area contributed by atoms with Gasteiger partial charge in [-0.2, -0.15) is 0 Å². The Labute approximate surface area is 158 Å². The summed E-state index contributed by atoms with van der Waals surface area (Å²) in [4.78, 5) is 12.6. The van der Waals surface area contributed by atoms with Crippen LogP contribution in [0.15, 0.2) is 46.9 Å². The number of benzene rings is 2. The second-order valence-electron chi connectivity index (χ2n) is 7.01. The number of carbonyl (C=O) groups excluding carboxylic acids is 1. The molecule has 0 unspecified atom stereocenters. The molecular formula is C21H25BrO3. The molecule has 0 aliphatic carbocycles. The number of carbonyl (C=O) groups is 1. The summed E-state index contributed by atoms with van der Waals surface area (Å²) >= 11 is 3.48. The molecule has 3 nitrogen and oxygen atoms in total. The van der Waals surface area contributed by atoms with Gasteiger partial charge in [0.25, 0.3) is 0 Å². The Bertz CT molecular complexity index is 732. The highest BCUT2D eigenvalue weighted by Crippen LogP contribution is 2.34. The van der Waals surface area contributed by atoms with Crippen molar-refractivity contribution in [3.05, 3.63) is 58.1 Å². The van der Waals surface area contributed by atoms with Gasteiger partial charge >= 0.3 is 5.97 Å². The van der Waals surface area contributed by atoms with E-state index in [-0.39, 0.29) is 11.4 Å². The monoisotopic (exact) mass is 404 g/mol. The van der Waals surface area contributed by atoms with Crippen LogP contribution in [0, 0.1) is 0 Å². The number of unbranched alkanes of at least 4 members (excludes halogenated alkanes) is 1. The molecule has 0 atom stereocenters. The Hall–Kier alpha value is -1.81. The first kappa shape index (κ1) is 19.5. The van der Waals surface area contributed by atoms with E-state index in [0.717, 1.165) is 22.9 Å². The van der Waals surface area contributed by atoms with Crippen molar-refractivity contribution in [2.75, 3.05) is 6.61 Å². The molecule has 4 heteroatoms. The molecule has 0 radical (unpaired) electrons. The molecule has 0 spiro atoms. The van der Waals surface area contributed by atoms with Gasteiger partial charge in [0.1, 0.15) is 11.5 Å². The maximum atomic E-state index is 12.6. The number of hydrogen-bond acceptors (Lipinski definition) is 3. The molecule has 2 aromatic carbocycles. The molecule has 0 aliphatic rings. The number of ether oxygens (including phenoxy) is 2. The van der Waals surface area contributed by atoms with Gasteiger partial charge in [0.2, 0.25) is 0 Å². The third-order valence-corrected chi connectivity index (χ3v) is 4.28. The summed E-state index contributed by atoms with van der Waals surface area (Å²) in [6.07, 6.45) is 2.06. The fourth-order valence-corrected chi connectivity index (χ4v) is 2.74. The maximum absolute atomic E-state index is 12.6. The molecule has 134 valence electrons. The van der Waals surface area contributed by atoms with Gasteiger partial charge in [0.15, 0.2) is 0 Å². The number of esters is 1. The third kappa shape index (κ3) is 5.60. The molecule has 0 amide bonds. The van der Waals surface area contributed by atoms with Crippen molar-refractivity contribution >= 4 is 21.9 Å². The Morgan fingerprint density at radius 2 is 1.88 bits per heavy atom. The first-order valence-electron chi connectivity index (χ1n) is 8.56. The third-order valence-electron chi connectivity index (χ3n) is 3.79. The second kappa shape index (κ2) is 8.52. The van der Waals surface area contributed by atoms with E-state index in [1.807, 2.05) is 30.3 Å². The maximum Gasteiger partial charge on any atom is 0.343 e. The summed E-state index contributed by atoms with van der Waals surface area (Å²) < 4.78 is 12.3. The van der Waals surface area contributed by atoms with Gasteiger partial charge < -0.3 is 9.47 Å². The molecule has 0 N–H and O–H groups in total. The van der Waals surface area contributed by atoms with E-state index in [4.69, 9.17) is 9.47 Å². The van der Waals surface area contributed by atoms with Crippen molar-refractivity contribution in [2.24, 2.45) is 0 Å². The molecule has 0 fully saturated rings. The van der Waals surface area contributed by atoms with Crippen LogP contribution in [0.1, 0.15) is 56.5 Å². The molecule has 0 heterocycles. The predicted octanol–water partition coefficient (Wildman–Crippen LogP) is 6.14. The molecule has 0 saturated heterocycles. The van der Waals surface area contributed by atoms with Gasteiger partial charge in [0, 0.05) is 10.0 Å². The molecule has 2 aromatic rings. The summed E-state index contributed by atoms with van der Waals surface area (Å²) in [5.74, 6) is 0.890. The first-order valence-corrected chi connectivity index (χ1v) is 9.35. The fourth-order valence-electron chi connectivity index (χ4n) is 2.38. The predicted molar refractivity (Wildman–Crippen MR) is 105 cm³/mol. The summed E-state index contributed by atoms with van der Waals surface area (Å²) in [6, 6.07) is 12.8. The molecule has 2 rings (SSSR count). The average Bonchev–Trinajstić information content (AvgIpc) is 2.56. The van der Waals surface area contributed by atoms with E-state index in [0.29, 0.717) is 23.7 Å². The van der Waals surface area contributed by atoms with Gasteiger partial charge in [-0.15, -0.1) is 0 Å². The normalized spacial score (nSPS) is 11.2. The van der Waals surface area contributed by atoms with E-state index in [9.17, 15) is 4.79 Å². The van der Waals surface area contributed by atoms with Gasteiger partial charge in [-0.25, -0.2) is 4.79 Å². The topological polar surface area (TPSA) is 35.5 Å². The minimum absolute atomic E-state index is 0.134. The largest absolute Gasteiger partial charge is 0.494 e. The lowest BCUT2D eigenvalue weighted by atomic mass is 9.86. The van der Waals surface area contributed by atoms with Gasteiger partial charge in [0.05, 0.1) is 12.2 Å². The molecule has 0 aliphatic heterocycles. The van der Waals surface area contributed by atoms with Gasteiger partial charge in [-0.3, -0.25) is 0 Å². The average molecular weight is 405 g/mol. The molecule has 0 bridgehead atoms. The van der Waals surface area contributed by atoms with Crippen LogP contribution in [-0.4, -0.2) is 12.6 Å². The van der Waals surface area contributed by atoms with Crippen molar-refractivity contribution in [1.29, 1.82) is 0 Å². The van der Waals surface area contributed by atoms with E-state index in [1.165, 1.54) is 0 Å². The number of hydrogen-bond donors (Lipinski definition) is 0. The van der Waals surface area contributed by atoms with Gasteiger partial charge in [-0.05, 0) is 48.2 Å². The first-order chi connectivity index (χ1) is 11.8. The van der Waals surface area contributed by atoms with Crippen LogP contribution in [0.25, 0.3) is 0 Å². The van der Waals surface area contributed by atoms with Crippen molar-refractivity contribution in [3.8, 4) is 11.5 Å². The second-order valence-corrected chi connectivity index (χ2v) is 7.93. The van der Waals surface area contributed by atoms with Crippen molar-refractivity contribution < 1.29 is 14.3 Å². The van der Waals surface area contributed by atoms with E-state index in [1.54, 1.807) is 12.1 Å². The molecule has 0 aromatic heterocycles. The highest BCUT2D eigenvalue weighted by molar-refractivity contribution is 9.10. The van der Waals surface area contributed by atoms with Crippen LogP contribution >= 0.6 is 15.9 Å². The van der Waals surface area contributed by atoms with Crippen LogP contribution < -0.4 is 9.47 Å². The summed E-state index contributed by atoms with van der Waals surface area (Å²) in [7, 11) is 0. The zero-order valence-electron chi connectivity index (χ0n) is 15.3. The van der Waals surface area contributed by atoms with Crippen molar-refractivity contribution in [3.63, 3.8) is 0 Å². The Morgan fingerprint density at radius 1 is 1.12 bits per heavy atom. The van der Waals surface area contributed by atoms with Crippen LogP contribution in [-0.2, 0) is 5.41 Å². The van der Waals surface area contributed by atoms with E-state index < -0.39 is 0 Å². The highest BCUT2D eigenvalue weighted by atomic mass is 79.9. The van der Waals surface area contributed by atoms with E-state index in [2.05, 4.69) is 43.6 Å². The summed E-state index contributed by atoms with van der Waals surface area (Å²) in [5.41, 5.74) is 1.33. The Morgan fingerprint density at radius 3 is 2.56 bits per heavy atom. The van der Waals surface area contributed by atoms with Crippen molar-refractivity contribution in [1.82, 2.24) is 0 Å². The lowest BCUT2D eigenvalue weighted by Crippen LogP contribution is -2.16. The minimum atomic E-state index is -0.381. The smallest absolute Gasteiger partial charge is 0.343 e. The highest BCUT2D eigenvalue weighted by Gasteiger charge is 2.21. The standard InChI is InChI=1S/C21H25BrO3/c1-5-6-12-24-17-9-7-8-15(13-17)20(23)25-19-11-10-16(22)14-18(19)21(2,3)4/h7-11,13-14H,5-6,12H2,1-4H3. The Balaban J connectivity index is 2.19. The lowest BCUT2D eigenvalue weighted by Gasteiger charge is -2.22. The summed E-state index contributed by atoms with van der Waals surface area (Å²) in [5, 5.41) is 0.